The van der Waals surface area contributed by atoms with Crippen LogP contribution in [0.3, 0.4) is 0 Å². The van der Waals surface area contributed by atoms with Crippen LogP contribution >= 0.6 is 11.3 Å². The van der Waals surface area contributed by atoms with E-state index in [1.807, 2.05) is 0 Å². The van der Waals surface area contributed by atoms with Crippen LogP contribution in [0.4, 0.5) is 0 Å². The minimum atomic E-state index is -0.123. The molecule has 1 aromatic heterocycles. The number of nitrogens with one attached hydrogen (secondary N) is 1. The second-order valence-electron chi connectivity index (χ2n) is 4.79. The summed E-state index contributed by atoms with van der Waals surface area (Å²) in [4.78, 5) is 11.0. The summed E-state index contributed by atoms with van der Waals surface area (Å²) < 4.78 is 0. The van der Waals surface area contributed by atoms with E-state index in [4.69, 9.17) is 5.73 Å². The molecular weight excluding hydrogens is 232 g/mol. The number of nitrogens with two attached hydrogens (primary N) is 1. The highest BCUT2D eigenvalue weighted by molar-refractivity contribution is 7.07. The second kappa shape index (κ2) is 6.17. The standard InChI is InChI=1S/C13H20N2OS/c14-13(16)11-1-3-12(4-2-11)15-7-5-10-6-8-17-9-10/h6,8-9,11-12,15H,1-5,7H2,(H2,14,16). The van der Waals surface area contributed by atoms with E-state index in [9.17, 15) is 4.79 Å². The van der Waals surface area contributed by atoms with E-state index in [1.54, 1.807) is 11.3 Å². The van der Waals surface area contributed by atoms with Crippen LogP contribution in [0.5, 0.6) is 0 Å². The molecule has 1 heterocycles. The SMILES string of the molecule is NC(=O)C1CCC(NCCc2ccsc2)CC1. The average molecular weight is 252 g/mol. The van der Waals surface area contributed by atoms with E-state index >= 15 is 0 Å². The van der Waals surface area contributed by atoms with Crippen molar-refractivity contribution in [2.24, 2.45) is 11.7 Å². The third kappa shape index (κ3) is 3.82. The molecule has 1 aliphatic rings. The highest BCUT2D eigenvalue weighted by atomic mass is 32.1. The molecule has 0 radical (unpaired) electrons. The van der Waals surface area contributed by atoms with Crippen LogP contribution in [0.15, 0.2) is 16.8 Å². The molecular formula is C13H20N2OS. The summed E-state index contributed by atoms with van der Waals surface area (Å²) in [6.07, 6.45) is 5.16. The lowest BCUT2D eigenvalue weighted by molar-refractivity contribution is -0.122. The topological polar surface area (TPSA) is 55.1 Å². The Labute approximate surface area is 106 Å². The summed E-state index contributed by atoms with van der Waals surface area (Å²) in [6.45, 7) is 1.03. The molecule has 1 fully saturated rings. The van der Waals surface area contributed by atoms with Crippen LogP contribution in [0.25, 0.3) is 0 Å². The minimum Gasteiger partial charge on any atom is -0.369 e. The largest absolute Gasteiger partial charge is 0.369 e. The van der Waals surface area contributed by atoms with Crippen molar-refractivity contribution in [3.8, 4) is 0 Å². The van der Waals surface area contributed by atoms with E-state index < -0.39 is 0 Å². The first kappa shape index (κ1) is 12.6. The number of amides is 1. The molecule has 0 unspecified atom stereocenters. The molecule has 94 valence electrons. The van der Waals surface area contributed by atoms with Crippen LogP contribution in [0, 0.1) is 5.92 Å². The van der Waals surface area contributed by atoms with Crippen molar-refractivity contribution < 1.29 is 4.79 Å². The van der Waals surface area contributed by atoms with Gasteiger partial charge in [-0.05, 0) is 61.0 Å². The highest BCUT2D eigenvalue weighted by Gasteiger charge is 2.23. The van der Waals surface area contributed by atoms with Gasteiger partial charge in [0.05, 0.1) is 0 Å². The zero-order valence-electron chi connectivity index (χ0n) is 10.0. The summed E-state index contributed by atoms with van der Waals surface area (Å²) in [5.41, 5.74) is 6.73. The Hall–Kier alpha value is -0.870. The van der Waals surface area contributed by atoms with Gasteiger partial charge in [0.1, 0.15) is 0 Å². The molecule has 3 N–H and O–H groups in total. The zero-order valence-corrected chi connectivity index (χ0v) is 10.8. The van der Waals surface area contributed by atoms with Gasteiger partial charge < -0.3 is 11.1 Å². The molecule has 0 spiro atoms. The van der Waals surface area contributed by atoms with Crippen LogP contribution in [-0.2, 0) is 11.2 Å². The van der Waals surface area contributed by atoms with Crippen molar-refractivity contribution in [1.29, 1.82) is 0 Å². The van der Waals surface area contributed by atoms with Crippen LogP contribution in [0.1, 0.15) is 31.2 Å². The van der Waals surface area contributed by atoms with Gasteiger partial charge in [-0.3, -0.25) is 4.79 Å². The van der Waals surface area contributed by atoms with Gasteiger partial charge in [0, 0.05) is 12.0 Å². The fourth-order valence-electron chi connectivity index (χ4n) is 2.44. The van der Waals surface area contributed by atoms with Gasteiger partial charge in [-0.15, -0.1) is 0 Å². The predicted molar refractivity (Wildman–Crippen MR) is 71.0 cm³/mol. The fraction of sp³-hybridized carbons (Fsp3) is 0.615. The van der Waals surface area contributed by atoms with E-state index in [0.717, 1.165) is 38.6 Å². The summed E-state index contributed by atoms with van der Waals surface area (Å²) in [5.74, 6) is -0.00773. The maximum absolute atomic E-state index is 11.0. The van der Waals surface area contributed by atoms with E-state index in [2.05, 4.69) is 22.1 Å². The van der Waals surface area contributed by atoms with Crippen molar-refractivity contribution in [2.75, 3.05) is 6.54 Å². The molecule has 1 aromatic rings. The summed E-state index contributed by atoms with van der Waals surface area (Å²) in [6, 6.07) is 2.75. The van der Waals surface area contributed by atoms with Gasteiger partial charge in [-0.25, -0.2) is 0 Å². The second-order valence-corrected chi connectivity index (χ2v) is 5.57. The Balaban J connectivity index is 1.63. The zero-order chi connectivity index (χ0) is 12.1. The van der Waals surface area contributed by atoms with Gasteiger partial charge >= 0.3 is 0 Å². The summed E-state index contributed by atoms with van der Waals surface area (Å²) >= 11 is 1.75. The Morgan fingerprint density at radius 2 is 2.18 bits per heavy atom. The van der Waals surface area contributed by atoms with Crippen LogP contribution in [0.2, 0.25) is 0 Å². The first-order chi connectivity index (χ1) is 8.25. The van der Waals surface area contributed by atoms with Gasteiger partial charge in [-0.2, -0.15) is 11.3 Å². The van der Waals surface area contributed by atoms with Crippen molar-refractivity contribution >= 4 is 17.2 Å². The highest BCUT2D eigenvalue weighted by Crippen LogP contribution is 2.23. The Morgan fingerprint density at radius 1 is 1.41 bits per heavy atom. The molecule has 17 heavy (non-hydrogen) atoms. The van der Waals surface area contributed by atoms with Gasteiger partial charge in [0.15, 0.2) is 0 Å². The van der Waals surface area contributed by atoms with E-state index in [0.29, 0.717) is 6.04 Å². The summed E-state index contributed by atoms with van der Waals surface area (Å²) in [5, 5.41) is 7.89. The fourth-order valence-corrected chi connectivity index (χ4v) is 3.14. The normalized spacial score (nSPS) is 24.7. The molecule has 1 saturated carbocycles. The van der Waals surface area contributed by atoms with Crippen LogP contribution < -0.4 is 11.1 Å². The molecule has 4 heteroatoms. The van der Waals surface area contributed by atoms with Crippen molar-refractivity contribution in [2.45, 2.75) is 38.1 Å². The number of carbonyl (C=O) groups is 1. The summed E-state index contributed by atoms with van der Waals surface area (Å²) in [7, 11) is 0. The Kier molecular flexibility index (Phi) is 4.57. The number of thiophene rings is 1. The molecule has 2 rings (SSSR count). The van der Waals surface area contributed by atoms with Gasteiger partial charge in [0.2, 0.25) is 5.91 Å². The van der Waals surface area contributed by atoms with E-state index in [1.165, 1.54) is 5.56 Å². The van der Waals surface area contributed by atoms with Gasteiger partial charge in [-0.1, -0.05) is 0 Å². The molecule has 0 aromatic carbocycles. The third-order valence-corrected chi connectivity index (χ3v) is 4.29. The van der Waals surface area contributed by atoms with Crippen molar-refractivity contribution in [3.05, 3.63) is 22.4 Å². The van der Waals surface area contributed by atoms with Gasteiger partial charge in [0.25, 0.3) is 0 Å². The Bertz CT molecular complexity index is 342. The number of rotatable bonds is 5. The van der Waals surface area contributed by atoms with Crippen molar-refractivity contribution in [1.82, 2.24) is 5.32 Å². The number of hydrogen-bond acceptors (Lipinski definition) is 3. The lowest BCUT2D eigenvalue weighted by Gasteiger charge is -2.27. The molecule has 1 aliphatic carbocycles. The molecule has 3 nitrogen and oxygen atoms in total. The van der Waals surface area contributed by atoms with E-state index in [-0.39, 0.29) is 11.8 Å². The number of hydrogen-bond donors (Lipinski definition) is 2. The molecule has 0 saturated heterocycles. The molecule has 0 aliphatic heterocycles. The smallest absolute Gasteiger partial charge is 0.220 e. The minimum absolute atomic E-state index is 0.116. The third-order valence-electron chi connectivity index (χ3n) is 3.56. The quantitative estimate of drug-likeness (QED) is 0.841. The van der Waals surface area contributed by atoms with Crippen molar-refractivity contribution in [3.63, 3.8) is 0 Å². The average Bonchev–Trinajstić information content (AvgIpc) is 2.83. The molecule has 1 amide bonds. The van der Waals surface area contributed by atoms with Crippen LogP contribution in [-0.4, -0.2) is 18.5 Å². The lowest BCUT2D eigenvalue weighted by Crippen LogP contribution is -2.37. The first-order valence-corrected chi connectivity index (χ1v) is 7.24. The maximum Gasteiger partial charge on any atom is 0.220 e. The maximum atomic E-state index is 11.0. The predicted octanol–water partition coefficient (Wildman–Crippen LogP) is 1.92. The monoisotopic (exact) mass is 252 g/mol. The lowest BCUT2D eigenvalue weighted by atomic mass is 9.85. The first-order valence-electron chi connectivity index (χ1n) is 6.29. The molecule has 0 atom stereocenters. The number of primary amides is 1. The molecule has 0 bridgehead atoms. The Morgan fingerprint density at radius 3 is 2.76 bits per heavy atom. The number of carbonyl (C=O) groups excluding carboxylic acids is 1.